The van der Waals surface area contributed by atoms with Crippen molar-refractivity contribution >= 4 is 27.8 Å². The molecule has 6 heteroatoms. The van der Waals surface area contributed by atoms with Crippen molar-refractivity contribution in [3.63, 3.8) is 0 Å². The summed E-state index contributed by atoms with van der Waals surface area (Å²) in [5, 5.41) is 4.32. The standard InChI is InChI=1S/C19H25N5S/c1-6-16(23(5)7-2)15-10-14(12-24-9-8-20-18(15)24)17-11-21-19(25-17)22-13(3)4/h6,8-13H,7H2,1-5H3,(H,21,22)/b16-6-. The Bertz CT molecular complexity index is 890. The Morgan fingerprint density at radius 3 is 2.88 bits per heavy atom. The van der Waals surface area contributed by atoms with E-state index < -0.39 is 0 Å². The number of imidazole rings is 1. The highest BCUT2D eigenvalue weighted by molar-refractivity contribution is 7.18. The van der Waals surface area contributed by atoms with Gasteiger partial charge in [-0.15, -0.1) is 0 Å². The van der Waals surface area contributed by atoms with E-state index in [-0.39, 0.29) is 0 Å². The molecular weight excluding hydrogens is 330 g/mol. The molecule has 0 saturated heterocycles. The second-order valence-corrected chi connectivity index (χ2v) is 7.35. The number of allylic oxidation sites excluding steroid dienone is 1. The lowest BCUT2D eigenvalue weighted by molar-refractivity contribution is 0.508. The fraction of sp³-hybridized carbons (Fsp3) is 0.368. The van der Waals surface area contributed by atoms with Crippen LogP contribution in [0.25, 0.3) is 21.8 Å². The molecule has 3 aromatic rings. The molecule has 5 nitrogen and oxygen atoms in total. The fourth-order valence-corrected chi connectivity index (χ4v) is 3.77. The van der Waals surface area contributed by atoms with Crippen molar-refractivity contribution in [2.45, 2.75) is 33.7 Å². The maximum atomic E-state index is 4.55. The lowest BCUT2D eigenvalue weighted by atomic mass is 10.1. The quantitative estimate of drug-likeness (QED) is 0.702. The minimum atomic E-state index is 0.374. The highest BCUT2D eigenvalue weighted by atomic mass is 32.1. The Hall–Kier alpha value is -2.34. The van der Waals surface area contributed by atoms with Crippen LogP contribution in [0, 0.1) is 0 Å². The van der Waals surface area contributed by atoms with E-state index in [1.54, 1.807) is 11.3 Å². The SMILES string of the molecule is C/C=C(/c1cc(-c2cnc(NC(C)C)s2)cn2ccnc12)N(C)CC. The van der Waals surface area contributed by atoms with Crippen LogP contribution in [0.1, 0.15) is 33.3 Å². The molecule has 0 aromatic carbocycles. The van der Waals surface area contributed by atoms with E-state index in [0.717, 1.165) is 33.3 Å². The number of pyridine rings is 1. The van der Waals surface area contributed by atoms with Crippen molar-refractivity contribution < 1.29 is 0 Å². The molecule has 0 fully saturated rings. The predicted molar refractivity (Wildman–Crippen MR) is 107 cm³/mol. The number of hydrogen-bond donors (Lipinski definition) is 1. The molecule has 0 spiro atoms. The number of rotatable bonds is 6. The molecule has 3 rings (SSSR count). The van der Waals surface area contributed by atoms with Crippen LogP contribution in [0.15, 0.2) is 36.9 Å². The molecule has 0 atom stereocenters. The summed E-state index contributed by atoms with van der Waals surface area (Å²) in [7, 11) is 2.11. The van der Waals surface area contributed by atoms with Crippen LogP contribution in [-0.4, -0.2) is 38.9 Å². The van der Waals surface area contributed by atoms with Gasteiger partial charge in [-0.25, -0.2) is 9.97 Å². The number of aromatic nitrogens is 3. The van der Waals surface area contributed by atoms with Gasteiger partial charge >= 0.3 is 0 Å². The van der Waals surface area contributed by atoms with E-state index in [1.165, 1.54) is 5.70 Å². The molecule has 25 heavy (non-hydrogen) atoms. The van der Waals surface area contributed by atoms with Crippen LogP contribution in [-0.2, 0) is 0 Å². The van der Waals surface area contributed by atoms with E-state index in [4.69, 9.17) is 0 Å². The average Bonchev–Trinajstić information content (AvgIpc) is 3.23. The van der Waals surface area contributed by atoms with Gasteiger partial charge in [0.2, 0.25) is 0 Å². The minimum Gasteiger partial charge on any atom is -0.375 e. The van der Waals surface area contributed by atoms with Crippen LogP contribution in [0.4, 0.5) is 5.13 Å². The van der Waals surface area contributed by atoms with Gasteiger partial charge in [-0.1, -0.05) is 17.4 Å². The summed E-state index contributed by atoms with van der Waals surface area (Å²) in [6.07, 6.45) is 10.1. The third-order valence-corrected chi connectivity index (χ3v) is 5.10. The van der Waals surface area contributed by atoms with Gasteiger partial charge in [-0.05, 0) is 33.8 Å². The number of hydrogen-bond acceptors (Lipinski definition) is 5. The summed E-state index contributed by atoms with van der Waals surface area (Å²) in [5.41, 5.74) is 4.45. The van der Waals surface area contributed by atoms with Gasteiger partial charge in [0.25, 0.3) is 0 Å². The lowest BCUT2D eigenvalue weighted by Gasteiger charge is -2.21. The predicted octanol–water partition coefficient (Wildman–Crippen LogP) is 4.59. The maximum absolute atomic E-state index is 4.55. The molecule has 0 saturated carbocycles. The summed E-state index contributed by atoms with van der Waals surface area (Å²) in [6, 6.07) is 2.59. The zero-order chi connectivity index (χ0) is 18.0. The molecule has 0 unspecified atom stereocenters. The first-order valence-corrected chi connectivity index (χ1v) is 9.42. The van der Waals surface area contributed by atoms with Crippen LogP contribution in [0.3, 0.4) is 0 Å². The number of nitrogens with one attached hydrogen (secondary N) is 1. The summed E-state index contributed by atoms with van der Waals surface area (Å²) in [6.45, 7) is 9.42. The zero-order valence-corrected chi connectivity index (χ0v) is 16.3. The van der Waals surface area contributed by atoms with E-state index in [1.807, 2.05) is 18.6 Å². The van der Waals surface area contributed by atoms with Crippen molar-refractivity contribution in [2.75, 3.05) is 18.9 Å². The van der Waals surface area contributed by atoms with Crippen molar-refractivity contribution in [1.29, 1.82) is 0 Å². The van der Waals surface area contributed by atoms with Crippen molar-refractivity contribution in [2.24, 2.45) is 0 Å². The largest absolute Gasteiger partial charge is 0.375 e. The second-order valence-electron chi connectivity index (χ2n) is 6.32. The molecular formula is C19H25N5S. The monoisotopic (exact) mass is 355 g/mol. The lowest BCUT2D eigenvalue weighted by Crippen LogP contribution is -2.16. The molecule has 1 N–H and O–H groups in total. The Labute approximate surface area is 153 Å². The Balaban J connectivity index is 2.10. The van der Waals surface area contributed by atoms with E-state index >= 15 is 0 Å². The van der Waals surface area contributed by atoms with Crippen molar-refractivity contribution in [3.05, 3.63) is 42.5 Å². The van der Waals surface area contributed by atoms with Crippen LogP contribution < -0.4 is 5.32 Å². The smallest absolute Gasteiger partial charge is 0.183 e. The maximum Gasteiger partial charge on any atom is 0.183 e. The third-order valence-electron chi connectivity index (χ3n) is 4.12. The molecule has 0 aliphatic rings. The second kappa shape index (κ2) is 7.27. The Morgan fingerprint density at radius 1 is 1.40 bits per heavy atom. The minimum absolute atomic E-state index is 0.374. The molecule has 0 amide bonds. The molecule has 0 radical (unpaired) electrons. The van der Waals surface area contributed by atoms with Gasteiger partial charge in [0, 0.05) is 61.2 Å². The van der Waals surface area contributed by atoms with Crippen LogP contribution >= 0.6 is 11.3 Å². The average molecular weight is 356 g/mol. The third kappa shape index (κ3) is 3.54. The van der Waals surface area contributed by atoms with E-state index in [9.17, 15) is 0 Å². The van der Waals surface area contributed by atoms with E-state index in [0.29, 0.717) is 6.04 Å². The summed E-state index contributed by atoms with van der Waals surface area (Å²) in [4.78, 5) is 12.4. The van der Waals surface area contributed by atoms with Gasteiger partial charge in [0.05, 0.1) is 4.88 Å². The molecule has 3 heterocycles. The summed E-state index contributed by atoms with van der Waals surface area (Å²) >= 11 is 1.68. The fourth-order valence-electron chi connectivity index (χ4n) is 2.83. The Morgan fingerprint density at radius 2 is 2.20 bits per heavy atom. The first kappa shape index (κ1) is 17.5. The van der Waals surface area contributed by atoms with Gasteiger partial charge in [-0.3, -0.25) is 0 Å². The zero-order valence-electron chi connectivity index (χ0n) is 15.4. The van der Waals surface area contributed by atoms with Gasteiger partial charge < -0.3 is 14.6 Å². The number of nitrogens with zero attached hydrogens (tertiary/aromatic N) is 4. The number of thiazole rings is 1. The van der Waals surface area contributed by atoms with Gasteiger partial charge in [-0.2, -0.15) is 0 Å². The topological polar surface area (TPSA) is 45.5 Å². The highest BCUT2D eigenvalue weighted by Crippen LogP contribution is 2.33. The summed E-state index contributed by atoms with van der Waals surface area (Å²) < 4.78 is 2.09. The molecule has 0 aliphatic carbocycles. The van der Waals surface area contributed by atoms with Gasteiger partial charge in [0.15, 0.2) is 5.13 Å². The molecule has 0 aliphatic heterocycles. The molecule has 3 aromatic heterocycles. The highest BCUT2D eigenvalue weighted by Gasteiger charge is 2.15. The first-order chi connectivity index (χ1) is 12.0. The summed E-state index contributed by atoms with van der Waals surface area (Å²) in [5.74, 6) is 0. The van der Waals surface area contributed by atoms with Crippen molar-refractivity contribution in [3.8, 4) is 10.4 Å². The number of fused-ring (bicyclic) bond motifs is 1. The van der Waals surface area contributed by atoms with Crippen LogP contribution in [0.5, 0.6) is 0 Å². The Kier molecular flexibility index (Phi) is 5.08. The molecule has 132 valence electrons. The van der Waals surface area contributed by atoms with Crippen molar-refractivity contribution in [1.82, 2.24) is 19.3 Å². The van der Waals surface area contributed by atoms with Gasteiger partial charge in [0.1, 0.15) is 5.65 Å². The number of anilines is 1. The molecule has 0 bridgehead atoms. The van der Waals surface area contributed by atoms with E-state index in [2.05, 4.69) is 77.7 Å². The first-order valence-electron chi connectivity index (χ1n) is 8.60. The van der Waals surface area contributed by atoms with Crippen LogP contribution in [0.2, 0.25) is 0 Å². The normalized spacial score (nSPS) is 12.2.